The molecule has 0 saturated carbocycles. The van der Waals surface area contributed by atoms with E-state index in [1.165, 1.54) is 16.7 Å². The zero-order chi connectivity index (χ0) is 29.2. The molecule has 0 N–H and O–H groups in total. The van der Waals surface area contributed by atoms with Gasteiger partial charge in [-0.15, -0.1) is 11.8 Å². The maximum absolute atomic E-state index is 13.9. The second kappa shape index (κ2) is 11.4. The Morgan fingerprint density at radius 1 is 0.976 bits per heavy atom. The molecule has 3 aromatic rings. The number of rotatable bonds is 7. The summed E-state index contributed by atoms with van der Waals surface area (Å²) in [6, 6.07) is 25.7. The van der Waals surface area contributed by atoms with Crippen LogP contribution in [-0.4, -0.2) is 52.6 Å². The van der Waals surface area contributed by atoms with E-state index in [4.69, 9.17) is 4.74 Å². The Hall–Kier alpha value is -4.05. The third-order valence-electron chi connectivity index (χ3n) is 7.16. The first kappa shape index (κ1) is 28.5. The van der Waals surface area contributed by atoms with E-state index < -0.39 is 41.0 Å². The number of halogens is 3. The number of hydrogen-bond acceptors (Lipinski definition) is 5. The second-order valence-corrected chi connectivity index (χ2v) is 11.1. The summed E-state index contributed by atoms with van der Waals surface area (Å²) in [5.74, 6) is -1.72. The molecule has 2 aliphatic rings. The summed E-state index contributed by atoms with van der Waals surface area (Å²) in [5.41, 5.74) is 0.0968. The first-order chi connectivity index (χ1) is 19.6. The number of thioether (sulfide) groups is 1. The minimum Gasteiger partial charge on any atom is -0.452 e. The molecule has 5 rings (SSSR count). The number of hydrogen-bond donors (Lipinski definition) is 0. The van der Waals surface area contributed by atoms with Gasteiger partial charge in [0.05, 0.1) is 0 Å². The van der Waals surface area contributed by atoms with Crippen LogP contribution in [0.2, 0.25) is 0 Å². The number of esters is 1. The summed E-state index contributed by atoms with van der Waals surface area (Å²) in [6.07, 6.45) is -4.70. The van der Waals surface area contributed by atoms with Crippen molar-refractivity contribution in [3.05, 3.63) is 114 Å². The fourth-order valence-electron chi connectivity index (χ4n) is 5.16. The second-order valence-electron chi connectivity index (χ2n) is 9.97. The largest absolute Gasteiger partial charge is 0.452 e. The Kier molecular flexibility index (Phi) is 7.95. The molecule has 0 radical (unpaired) electrons. The lowest BCUT2D eigenvalue weighted by atomic mass is 9.86. The molecule has 2 fully saturated rings. The number of allylic oxidation sites excluding steroid dienone is 1. The number of β-lactam (4-membered cyclic amide) rings is 1. The zero-order valence-corrected chi connectivity index (χ0v) is 22.8. The maximum atomic E-state index is 13.9. The summed E-state index contributed by atoms with van der Waals surface area (Å²) < 4.78 is 46.1. The van der Waals surface area contributed by atoms with Crippen LogP contribution in [0.15, 0.2) is 103 Å². The lowest BCUT2D eigenvalue weighted by molar-refractivity contribution is -0.162. The van der Waals surface area contributed by atoms with Gasteiger partial charge in [-0.05, 0) is 23.3 Å². The summed E-state index contributed by atoms with van der Waals surface area (Å²) in [4.78, 5) is 42.6. The third-order valence-corrected chi connectivity index (χ3v) is 8.69. The van der Waals surface area contributed by atoms with Crippen LogP contribution in [0.3, 0.4) is 0 Å². The number of carbonyl (C=O) groups is 3. The molecule has 6 nitrogen and oxygen atoms in total. The minimum atomic E-state index is -4.67. The van der Waals surface area contributed by atoms with Gasteiger partial charge in [-0.2, -0.15) is 13.2 Å². The van der Waals surface area contributed by atoms with Gasteiger partial charge in [0.25, 0.3) is 0 Å². The topological polar surface area (TPSA) is 66.9 Å². The first-order valence-electron chi connectivity index (χ1n) is 12.9. The fraction of sp³-hybridized carbons (Fsp3) is 0.258. The molecule has 2 saturated heterocycles. The van der Waals surface area contributed by atoms with E-state index in [-0.39, 0.29) is 24.3 Å². The highest BCUT2D eigenvalue weighted by Crippen LogP contribution is 2.47. The Balaban J connectivity index is 1.45. The fourth-order valence-corrected chi connectivity index (χ4v) is 6.71. The molecule has 212 valence electrons. The molecular weight excluding hydrogens is 553 g/mol. The molecule has 0 aromatic heterocycles. The lowest BCUT2D eigenvalue weighted by Crippen LogP contribution is -2.74. The van der Waals surface area contributed by atoms with E-state index in [1.54, 1.807) is 78.9 Å². The zero-order valence-electron chi connectivity index (χ0n) is 22.0. The van der Waals surface area contributed by atoms with Gasteiger partial charge in [-0.1, -0.05) is 84.9 Å². The van der Waals surface area contributed by atoms with Crippen LogP contribution in [-0.2, 0) is 19.1 Å². The minimum absolute atomic E-state index is 0.0305. The van der Waals surface area contributed by atoms with Crippen LogP contribution in [0.1, 0.15) is 24.2 Å². The number of para-hydroxylation sites is 1. The Bertz CT molecular complexity index is 1400. The highest BCUT2D eigenvalue weighted by Gasteiger charge is 2.59. The molecule has 2 heterocycles. The molecule has 2 aliphatic heterocycles. The number of anilines is 1. The molecule has 0 aliphatic carbocycles. The van der Waals surface area contributed by atoms with E-state index in [0.29, 0.717) is 16.8 Å². The molecule has 0 bridgehead atoms. The number of nitrogens with zero attached hydrogens (tertiary/aromatic N) is 2. The van der Waals surface area contributed by atoms with Gasteiger partial charge in [-0.25, -0.2) is 0 Å². The third kappa shape index (κ3) is 5.88. The maximum Gasteiger partial charge on any atom is 0.409 e. The monoisotopic (exact) mass is 580 g/mol. The molecule has 3 aromatic carbocycles. The molecule has 10 heteroatoms. The van der Waals surface area contributed by atoms with E-state index in [1.807, 2.05) is 12.1 Å². The number of carbonyl (C=O) groups excluding carboxylic acids is 3. The smallest absolute Gasteiger partial charge is 0.409 e. The van der Waals surface area contributed by atoms with Crippen molar-refractivity contribution in [1.29, 1.82) is 0 Å². The molecule has 0 spiro atoms. The van der Waals surface area contributed by atoms with Crippen molar-refractivity contribution in [2.45, 2.75) is 30.6 Å². The van der Waals surface area contributed by atoms with Gasteiger partial charge in [0.15, 0.2) is 6.10 Å². The van der Waals surface area contributed by atoms with E-state index in [9.17, 15) is 27.6 Å². The van der Waals surface area contributed by atoms with Crippen molar-refractivity contribution in [2.75, 3.05) is 17.2 Å². The van der Waals surface area contributed by atoms with Gasteiger partial charge < -0.3 is 9.64 Å². The van der Waals surface area contributed by atoms with Crippen LogP contribution in [0, 0.1) is 5.41 Å². The quantitative estimate of drug-likeness (QED) is 0.202. The average molecular weight is 581 g/mol. The SMILES string of the molecule is CC(=O)N(c1ccccc1)C1C(=O)N2CC(C=CC(F)(F)F)(C(=O)OC(c3ccccc3)c3ccccc3)CS[C@H]12. The average Bonchev–Trinajstić information content (AvgIpc) is 2.98. The number of fused-ring (bicyclic) bond motifs is 1. The van der Waals surface area contributed by atoms with Crippen molar-refractivity contribution < 1.29 is 32.3 Å². The summed E-state index contributed by atoms with van der Waals surface area (Å²) in [7, 11) is 0. The summed E-state index contributed by atoms with van der Waals surface area (Å²) >= 11 is 1.16. The van der Waals surface area contributed by atoms with E-state index in [0.717, 1.165) is 17.8 Å². The Morgan fingerprint density at radius 3 is 2.02 bits per heavy atom. The molecule has 3 atom stereocenters. The van der Waals surface area contributed by atoms with Gasteiger partial charge in [0.1, 0.15) is 16.8 Å². The summed E-state index contributed by atoms with van der Waals surface area (Å²) in [6.45, 7) is 1.06. The van der Waals surface area contributed by atoms with Crippen molar-refractivity contribution in [3.8, 4) is 0 Å². The summed E-state index contributed by atoms with van der Waals surface area (Å²) in [5, 5.41) is -0.522. The van der Waals surface area contributed by atoms with Crippen LogP contribution in [0.25, 0.3) is 0 Å². The van der Waals surface area contributed by atoms with Crippen molar-refractivity contribution >= 4 is 35.2 Å². The molecule has 2 amide bonds. The standard InChI is InChI=1S/C31H27F3N2O4S/c1-21(37)36(24-15-9-4-10-16-24)25-27(38)35-19-30(20-41-28(25)35,17-18-31(32,33)34)29(39)40-26(22-11-5-2-6-12-22)23-13-7-3-8-14-23/h2-18,25-26,28H,19-20H2,1H3/t25?,28-,30?/m1/s1. The highest BCUT2D eigenvalue weighted by molar-refractivity contribution is 8.00. The highest BCUT2D eigenvalue weighted by atomic mass is 32.2. The van der Waals surface area contributed by atoms with Gasteiger partial charge in [0, 0.05) is 31.0 Å². The number of amides is 2. The molecular formula is C31H27F3N2O4S. The number of ether oxygens (including phenoxy) is 1. The van der Waals surface area contributed by atoms with E-state index in [2.05, 4.69) is 0 Å². The number of alkyl halides is 3. The van der Waals surface area contributed by atoms with Crippen molar-refractivity contribution in [1.82, 2.24) is 4.90 Å². The van der Waals surface area contributed by atoms with E-state index >= 15 is 0 Å². The van der Waals surface area contributed by atoms with Crippen LogP contribution < -0.4 is 4.90 Å². The van der Waals surface area contributed by atoms with Crippen LogP contribution >= 0.6 is 11.8 Å². The van der Waals surface area contributed by atoms with Gasteiger partial charge in [-0.3, -0.25) is 19.3 Å². The number of benzene rings is 3. The van der Waals surface area contributed by atoms with Crippen molar-refractivity contribution in [2.24, 2.45) is 5.41 Å². The predicted octanol–water partition coefficient (Wildman–Crippen LogP) is 5.76. The normalized spacial score (nSPS) is 22.3. The Labute approximate surface area is 239 Å². The van der Waals surface area contributed by atoms with Crippen LogP contribution in [0.5, 0.6) is 0 Å². The first-order valence-corrected chi connectivity index (χ1v) is 14.0. The van der Waals surface area contributed by atoms with Crippen molar-refractivity contribution in [3.63, 3.8) is 0 Å². The molecule has 41 heavy (non-hydrogen) atoms. The predicted molar refractivity (Wildman–Crippen MR) is 150 cm³/mol. The molecule has 2 unspecified atom stereocenters. The lowest BCUT2D eigenvalue weighted by Gasteiger charge is -2.56. The van der Waals surface area contributed by atoms with Crippen LogP contribution in [0.4, 0.5) is 18.9 Å². The van der Waals surface area contributed by atoms with Gasteiger partial charge >= 0.3 is 12.1 Å². The Morgan fingerprint density at radius 2 is 1.51 bits per heavy atom. The van der Waals surface area contributed by atoms with Gasteiger partial charge in [0.2, 0.25) is 11.8 Å².